The molecular weight excluding hydrogens is 396 g/mol. The lowest BCUT2D eigenvalue weighted by Crippen LogP contribution is -2.39. The third-order valence-electron chi connectivity index (χ3n) is 5.99. The molecule has 2 aromatic rings. The van der Waals surface area contributed by atoms with Crippen LogP contribution in [-0.2, 0) is 14.3 Å². The summed E-state index contributed by atoms with van der Waals surface area (Å²) in [6.07, 6.45) is 6.36. The number of aliphatic hydroxyl groups is 1. The van der Waals surface area contributed by atoms with Crippen LogP contribution in [0.1, 0.15) is 55.8 Å². The topological polar surface area (TPSA) is 89.8 Å². The van der Waals surface area contributed by atoms with Crippen molar-refractivity contribution in [1.82, 2.24) is 9.88 Å². The Kier molecular flexibility index (Phi) is 6.43. The Morgan fingerprint density at radius 1 is 1.29 bits per heavy atom. The molecule has 3 atom stereocenters. The number of aliphatic hydroxyl groups excluding tert-OH is 1. The second kappa shape index (κ2) is 9.24. The maximum absolute atomic E-state index is 12.8. The molecule has 7 nitrogen and oxygen atoms in total. The fraction of sp³-hybridized carbons (Fsp3) is 0.500. The van der Waals surface area contributed by atoms with Gasteiger partial charge < -0.3 is 19.9 Å². The molecule has 0 saturated heterocycles. The predicted octanol–water partition coefficient (Wildman–Crippen LogP) is 3.33. The number of benzene rings is 1. The average molecular weight is 427 g/mol. The lowest BCUT2D eigenvalue weighted by Gasteiger charge is -2.36. The third-order valence-corrected chi connectivity index (χ3v) is 5.99. The first-order chi connectivity index (χ1) is 15.0. The number of nitrogens with zero attached hydrogens (tertiary/aromatic N) is 1. The van der Waals surface area contributed by atoms with Gasteiger partial charge in [-0.25, -0.2) is 0 Å². The van der Waals surface area contributed by atoms with Crippen LogP contribution in [0.3, 0.4) is 0 Å². The number of carbonyl (C=O) groups is 2. The summed E-state index contributed by atoms with van der Waals surface area (Å²) < 4.78 is 13.6. The van der Waals surface area contributed by atoms with Crippen molar-refractivity contribution in [3.63, 3.8) is 0 Å². The van der Waals surface area contributed by atoms with Crippen LogP contribution in [0, 0.1) is 5.92 Å². The SMILES string of the molecule is CCO[C@H]1OC(C(=O)NC2CC2)=C[C@@H](c2cn(C(C)=O)c3ccccc23)[C@H]1CCCO. The molecule has 7 heteroatoms. The van der Waals surface area contributed by atoms with Gasteiger partial charge in [0.1, 0.15) is 0 Å². The van der Waals surface area contributed by atoms with Gasteiger partial charge in [-0.3, -0.25) is 14.2 Å². The Bertz CT molecular complexity index is 991. The van der Waals surface area contributed by atoms with Gasteiger partial charge in [-0.2, -0.15) is 0 Å². The number of hydrogen-bond donors (Lipinski definition) is 2. The Balaban J connectivity index is 1.80. The van der Waals surface area contributed by atoms with E-state index < -0.39 is 6.29 Å². The van der Waals surface area contributed by atoms with Crippen molar-refractivity contribution in [2.24, 2.45) is 5.92 Å². The predicted molar refractivity (Wildman–Crippen MR) is 117 cm³/mol. The van der Waals surface area contributed by atoms with E-state index in [4.69, 9.17) is 9.47 Å². The van der Waals surface area contributed by atoms with Crippen molar-refractivity contribution < 1.29 is 24.2 Å². The third kappa shape index (κ3) is 4.52. The number of hydrogen-bond acceptors (Lipinski definition) is 5. The summed E-state index contributed by atoms with van der Waals surface area (Å²) in [6.45, 7) is 3.94. The van der Waals surface area contributed by atoms with Crippen molar-refractivity contribution in [2.45, 2.75) is 57.8 Å². The highest BCUT2D eigenvalue weighted by atomic mass is 16.7. The molecule has 2 aliphatic rings. The van der Waals surface area contributed by atoms with E-state index >= 15 is 0 Å². The average Bonchev–Trinajstić information content (AvgIpc) is 3.49. The molecule has 1 fully saturated rings. The minimum absolute atomic E-state index is 0.0655. The van der Waals surface area contributed by atoms with Gasteiger partial charge in [0.15, 0.2) is 5.76 Å². The number of fused-ring (bicyclic) bond motifs is 1. The van der Waals surface area contributed by atoms with Gasteiger partial charge in [-0.1, -0.05) is 18.2 Å². The molecule has 0 radical (unpaired) electrons. The van der Waals surface area contributed by atoms with Crippen LogP contribution >= 0.6 is 0 Å². The number of rotatable bonds is 8. The van der Waals surface area contributed by atoms with E-state index in [1.54, 1.807) is 4.57 Å². The monoisotopic (exact) mass is 426 g/mol. The zero-order valence-electron chi connectivity index (χ0n) is 18.0. The van der Waals surface area contributed by atoms with Gasteiger partial charge in [0.25, 0.3) is 5.91 Å². The maximum atomic E-state index is 12.8. The Morgan fingerprint density at radius 3 is 2.74 bits per heavy atom. The van der Waals surface area contributed by atoms with Crippen molar-refractivity contribution in [3.8, 4) is 0 Å². The zero-order valence-corrected chi connectivity index (χ0v) is 18.0. The summed E-state index contributed by atoms with van der Waals surface area (Å²) in [5.41, 5.74) is 1.79. The smallest absolute Gasteiger partial charge is 0.286 e. The second-order valence-corrected chi connectivity index (χ2v) is 8.27. The number of allylic oxidation sites excluding steroid dienone is 1. The second-order valence-electron chi connectivity index (χ2n) is 8.27. The highest BCUT2D eigenvalue weighted by Crippen LogP contribution is 2.42. The molecule has 1 aliphatic heterocycles. The highest BCUT2D eigenvalue weighted by Gasteiger charge is 2.39. The summed E-state index contributed by atoms with van der Waals surface area (Å²) in [6, 6.07) is 7.99. The molecule has 0 unspecified atom stereocenters. The normalized spacial score (nSPS) is 23.3. The van der Waals surface area contributed by atoms with Crippen molar-refractivity contribution in [3.05, 3.63) is 47.9 Å². The standard InChI is InChI=1S/C24H30N2O5/c1-3-30-24-18(8-6-12-27)19(13-22(31-24)23(29)25-16-10-11-16)20-14-26(15(2)28)21-9-5-4-7-17(20)21/h4-5,7,9,13-14,16,18-19,24,27H,3,6,8,10-12H2,1-2H3,(H,25,29)/t18-,19-,24+/m1/s1. The van der Waals surface area contributed by atoms with Gasteiger partial charge in [0, 0.05) is 49.6 Å². The Morgan fingerprint density at radius 2 is 2.06 bits per heavy atom. The summed E-state index contributed by atoms with van der Waals surface area (Å²) in [5, 5.41) is 13.4. The van der Waals surface area contributed by atoms with E-state index in [-0.39, 0.29) is 42.1 Å². The molecule has 166 valence electrons. The van der Waals surface area contributed by atoms with Crippen LogP contribution in [-0.4, -0.2) is 47.0 Å². The Hall–Kier alpha value is -2.64. The summed E-state index contributed by atoms with van der Waals surface area (Å²) in [4.78, 5) is 25.1. The number of amides is 1. The molecule has 1 amide bonds. The van der Waals surface area contributed by atoms with Gasteiger partial charge in [0.2, 0.25) is 12.2 Å². The van der Waals surface area contributed by atoms with E-state index in [9.17, 15) is 14.7 Å². The number of nitrogens with one attached hydrogen (secondary N) is 1. The summed E-state index contributed by atoms with van der Waals surface area (Å²) in [7, 11) is 0. The van der Waals surface area contributed by atoms with Crippen molar-refractivity contribution >= 4 is 22.7 Å². The first-order valence-electron chi connectivity index (χ1n) is 11.1. The van der Waals surface area contributed by atoms with Gasteiger partial charge >= 0.3 is 0 Å². The fourth-order valence-electron chi connectivity index (χ4n) is 4.34. The zero-order chi connectivity index (χ0) is 22.0. The van der Waals surface area contributed by atoms with Crippen LogP contribution in [0.2, 0.25) is 0 Å². The van der Waals surface area contributed by atoms with E-state index in [1.807, 2.05) is 43.5 Å². The Labute approximate surface area is 182 Å². The minimum atomic E-state index is -0.606. The largest absolute Gasteiger partial charge is 0.459 e. The lowest BCUT2D eigenvalue weighted by molar-refractivity contribution is -0.166. The van der Waals surface area contributed by atoms with Gasteiger partial charge in [-0.15, -0.1) is 0 Å². The summed E-state index contributed by atoms with van der Waals surface area (Å²) >= 11 is 0. The molecule has 1 aliphatic carbocycles. The highest BCUT2D eigenvalue weighted by molar-refractivity contribution is 5.95. The molecule has 0 bridgehead atoms. The van der Waals surface area contributed by atoms with Crippen molar-refractivity contribution in [2.75, 3.05) is 13.2 Å². The quantitative estimate of drug-likeness (QED) is 0.676. The van der Waals surface area contributed by atoms with E-state index in [1.165, 1.54) is 6.92 Å². The molecule has 2 N–H and O–H groups in total. The van der Waals surface area contributed by atoms with Gasteiger partial charge in [-0.05, 0) is 50.3 Å². The van der Waals surface area contributed by atoms with Crippen LogP contribution in [0.15, 0.2) is 42.3 Å². The van der Waals surface area contributed by atoms with Crippen molar-refractivity contribution in [1.29, 1.82) is 0 Å². The first-order valence-corrected chi connectivity index (χ1v) is 11.1. The first kappa shape index (κ1) is 21.6. The van der Waals surface area contributed by atoms with Crippen LogP contribution in [0.4, 0.5) is 0 Å². The van der Waals surface area contributed by atoms with E-state index in [0.29, 0.717) is 19.4 Å². The molecule has 4 rings (SSSR count). The molecular formula is C24H30N2O5. The minimum Gasteiger partial charge on any atom is -0.459 e. The molecule has 1 saturated carbocycles. The fourth-order valence-corrected chi connectivity index (χ4v) is 4.34. The molecule has 2 heterocycles. The molecule has 1 aromatic heterocycles. The summed E-state index contributed by atoms with van der Waals surface area (Å²) in [5.74, 6) is -0.333. The van der Waals surface area contributed by atoms with Gasteiger partial charge in [0.05, 0.1) is 5.52 Å². The van der Waals surface area contributed by atoms with E-state index in [2.05, 4.69) is 5.32 Å². The number of para-hydroxylation sites is 1. The van der Waals surface area contributed by atoms with Crippen LogP contribution < -0.4 is 5.32 Å². The lowest BCUT2D eigenvalue weighted by atomic mass is 9.80. The molecule has 1 aromatic carbocycles. The number of ether oxygens (including phenoxy) is 2. The molecule has 31 heavy (non-hydrogen) atoms. The number of aromatic nitrogens is 1. The number of carbonyl (C=O) groups excluding carboxylic acids is 2. The van der Waals surface area contributed by atoms with Crippen LogP contribution in [0.5, 0.6) is 0 Å². The van der Waals surface area contributed by atoms with Crippen LogP contribution in [0.25, 0.3) is 10.9 Å². The van der Waals surface area contributed by atoms with E-state index in [0.717, 1.165) is 29.3 Å². The maximum Gasteiger partial charge on any atom is 0.286 e. The molecule has 0 spiro atoms.